The molecule has 2 heterocycles. The van der Waals surface area contributed by atoms with Crippen LogP contribution in [-0.4, -0.2) is 42.1 Å². The lowest BCUT2D eigenvalue weighted by Crippen LogP contribution is -2.15. The first-order valence-corrected chi connectivity index (χ1v) is 15.4. The Labute approximate surface area is 288 Å². The van der Waals surface area contributed by atoms with E-state index in [0.29, 0.717) is 33.9 Å². The van der Waals surface area contributed by atoms with Gasteiger partial charge >= 0.3 is 11.9 Å². The zero-order valence-electron chi connectivity index (χ0n) is 27.6. The summed E-state index contributed by atoms with van der Waals surface area (Å²) in [6.07, 6.45) is 0. The number of benzene rings is 4. The van der Waals surface area contributed by atoms with Gasteiger partial charge in [0.1, 0.15) is 12.1 Å². The molecule has 2 aromatic heterocycles. The van der Waals surface area contributed by atoms with Gasteiger partial charge in [0, 0.05) is 22.3 Å². The van der Waals surface area contributed by atoms with Gasteiger partial charge in [0.05, 0.1) is 22.8 Å². The molecule has 0 aliphatic carbocycles. The Kier molecular flexibility index (Phi) is 10.2. The molecule has 0 saturated heterocycles. The average Bonchev–Trinajstić information content (AvgIpc) is 3.12. The number of carboxylic acids is 2. The van der Waals surface area contributed by atoms with Crippen molar-refractivity contribution in [1.82, 2.24) is 19.9 Å². The third kappa shape index (κ3) is 7.57. The van der Waals surface area contributed by atoms with Crippen LogP contribution < -0.4 is 0 Å². The number of nitrogens with zero attached hydrogens (tertiary/aromatic N) is 6. The second kappa shape index (κ2) is 14.8. The molecule has 0 fully saturated rings. The van der Waals surface area contributed by atoms with Crippen LogP contribution in [0, 0.1) is 50.4 Å². The van der Waals surface area contributed by atoms with Crippen LogP contribution >= 0.6 is 0 Å². The molecule has 244 valence electrons. The minimum Gasteiger partial charge on any atom is -0.476 e. The second-order valence-electron chi connectivity index (χ2n) is 11.5. The first-order valence-electron chi connectivity index (χ1n) is 15.4. The van der Waals surface area contributed by atoms with Crippen LogP contribution in [0.15, 0.2) is 97.1 Å². The smallest absolute Gasteiger partial charge is 0.357 e. The standard InChI is InChI=1S/C20H14N4.C20H16N2O4/c1-13-3-7-15(8-4-13)19-20(16-9-5-14(2)6-10-16)24-18(12-22)17(11-21)23-19;1-11-3-7-13(8-4-11)15-16(14-9-5-12(2)6-10-14)22-18(20(25)26)17(21-15)19(23)24/h3-10H,1-2H3;3-10H,1-2H3,(H,23,24)(H,25,26). The summed E-state index contributed by atoms with van der Waals surface area (Å²) in [4.78, 5) is 40.1. The SMILES string of the molecule is Cc1ccc(-c2nc(C#N)c(C#N)nc2-c2ccc(C)cc2)cc1.Cc1ccc(-c2nc(C(=O)O)c(C(=O)O)nc2-c2ccc(C)cc2)cc1. The van der Waals surface area contributed by atoms with E-state index in [0.717, 1.165) is 33.4 Å². The number of rotatable bonds is 6. The fourth-order valence-electron chi connectivity index (χ4n) is 4.98. The predicted molar refractivity (Wildman–Crippen MR) is 188 cm³/mol. The van der Waals surface area contributed by atoms with Gasteiger partial charge in [-0.15, -0.1) is 0 Å². The lowest BCUT2D eigenvalue weighted by Gasteiger charge is -2.12. The van der Waals surface area contributed by atoms with Crippen molar-refractivity contribution in [3.05, 3.63) is 142 Å². The molecule has 4 aromatic carbocycles. The molecule has 0 aliphatic rings. The maximum atomic E-state index is 11.5. The van der Waals surface area contributed by atoms with Crippen LogP contribution in [-0.2, 0) is 0 Å². The fraction of sp³-hybridized carbons (Fsp3) is 0.100. The molecule has 6 aromatic rings. The minimum absolute atomic E-state index is 0.0453. The molecule has 0 radical (unpaired) electrons. The van der Waals surface area contributed by atoms with Crippen molar-refractivity contribution >= 4 is 11.9 Å². The number of aromatic carboxylic acids is 2. The fourth-order valence-corrected chi connectivity index (χ4v) is 4.98. The highest BCUT2D eigenvalue weighted by molar-refractivity contribution is 6.00. The number of aryl methyl sites for hydroxylation is 4. The molecular formula is C40H30N6O4. The number of carbonyl (C=O) groups is 2. The normalized spacial score (nSPS) is 10.3. The summed E-state index contributed by atoms with van der Waals surface area (Å²) in [5.41, 5.74) is 8.22. The van der Waals surface area contributed by atoms with Gasteiger partial charge in [-0.3, -0.25) is 0 Å². The first kappa shape index (κ1) is 34.3. The molecule has 0 saturated carbocycles. The van der Waals surface area contributed by atoms with Crippen LogP contribution in [0.1, 0.15) is 54.6 Å². The van der Waals surface area contributed by atoms with Crippen LogP contribution in [0.25, 0.3) is 45.0 Å². The molecule has 50 heavy (non-hydrogen) atoms. The summed E-state index contributed by atoms with van der Waals surface area (Å²) in [6, 6.07) is 34.4. The van der Waals surface area contributed by atoms with E-state index in [2.05, 4.69) is 19.9 Å². The number of hydrogen-bond donors (Lipinski definition) is 2. The number of aromatic nitrogens is 4. The number of nitriles is 2. The molecule has 0 atom stereocenters. The summed E-state index contributed by atoms with van der Waals surface area (Å²) in [7, 11) is 0. The van der Waals surface area contributed by atoms with Gasteiger partial charge in [-0.1, -0.05) is 119 Å². The Morgan fingerprint density at radius 3 is 0.860 bits per heavy atom. The number of carboxylic acid groups (broad SMARTS) is 2. The predicted octanol–water partition coefficient (Wildman–Crippen LogP) is 7.99. The van der Waals surface area contributed by atoms with Gasteiger partial charge in [-0.05, 0) is 27.7 Å². The maximum absolute atomic E-state index is 11.5. The molecule has 0 aliphatic heterocycles. The Hall–Kier alpha value is -7.04. The van der Waals surface area contributed by atoms with Crippen molar-refractivity contribution in [2.45, 2.75) is 27.7 Å². The van der Waals surface area contributed by atoms with Gasteiger partial charge < -0.3 is 10.2 Å². The maximum Gasteiger partial charge on any atom is 0.357 e. The summed E-state index contributed by atoms with van der Waals surface area (Å²) in [6.45, 7) is 7.89. The van der Waals surface area contributed by atoms with E-state index in [1.54, 1.807) is 0 Å². The Balaban J connectivity index is 0.000000195. The van der Waals surface area contributed by atoms with Crippen LogP contribution in [0.4, 0.5) is 0 Å². The highest BCUT2D eigenvalue weighted by atomic mass is 16.4. The van der Waals surface area contributed by atoms with Gasteiger partial charge in [0.25, 0.3) is 0 Å². The Bertz CT molecular complexity index is 2140. The molecule has 0 amide bonds. The third-order valence-corrected chi connectivity index (χ3v) is 7.71. The topological polar surface area (TPSA) is 174 Å². The van der Waals surface area contributed by atoms with Gasteiger partial charge in [-0.25, -0.2) is 29.5 Å². The van der Waals surface area contributed by atoms with Gasteiger partial charge in [0.15, 0.2) is 22.8 Å². The van der Waals surface area contributed by atoms with Crippen molar-refractivity contribution < 1.29 is 19.8 Å². The van der Waals surface area contributed by atoms with Crippen LogP contribution in [0.3, 0.4) is 0 Å². The third-order valence-electron chi connectivity index (χ3n) is 7.71. The van der Waals surface area contributed by atoms with Crippen molar-refractivity contribution in [2.75, 3.05) is 0 Å². The molecule has 10 nitrogen and oxygen atoms in total. The quantitative estimate of drug-likeness (QED) is 0.178. The van der Waals surface area contributed by atoms with Gasteiger partial charge in [-0.2, -0.15) is 10.5 Å². The molecule has 6 rings (SSSR count). The Morgan fingerprint density at radius 2 is 0.660 bits per heavy atom. The second-order valence-corrected chi connectivity index (χ2v) is 11.5. The highest BCUT2D eigenvalue weighted by Crippen LogP contribution is 2.32. The largest absolute Gasteiger partial charge is 0.476 e. The highest BCUT2D eigenvalue weighted by Gasteiger charge is 2.25. The molecule has 10 heteroatoms. The van der Waals surface area contributed by atoms with Crippen molar-refractivity contribution in [3.8, 4) is 57.2 Å². The van der Waals surface area contributed by atoms with E-state index in [1.807, 2.05) is 137 Å². The lowest BCUT2D eigenvalue weighted by atomic mass is 10.0. The van der Waals surface area contributed by atoms with E-state index in [4.69, 9.17) is 0 Å². The Morgan fingerprint density at radius 1 is 0.440 bits per heavy atom. The van der Waals surface area contributed by atoms with Crippen molar-refractivity contribution in [3.63, 3.8) is 0 Å². The first-order chi connectivity index (χ1) is 24.0. The zero-order valence-corrected chi connectivity index (χ0v) is 27.6. The molecule has 0 spiro atoms. The van der Waals surface area contributed by atoms with E-state index in [-0.39, 0.29) is 11.4 Å². The molecule has 2 N–H and O–H groups in total. The lowest BCUT2D eigenvalue weighted by molar-refractivity contribution is 0.0641. The monoisotopic (exact) mass is 658 g/mol. The van der Waals surface area contributed by atoms with E-state index >= 15 is 0 Å². The van der Waals surface area contributed by atoms with Crippen LogP contribution in [0.5, 0.6) is 0 Å². The minimum atomic E-state index is -1.43. The van der Waals surface area contributed by atoms with Gasteiger partial charge in [0.2, 0.25) is 0 Å². The summed E-state index contributed by atoms with van der Waals surface area (Å²) in [5, 5.41) is 37.2. The summed E-state index contributed by atoms with van der Waals surface area (Å²) in [5.74, 6) is -2.86. The number of hydrogen-bond acceptors (Lipinski definition) is 8. The summed E-state index contributed by atoms with van der Waals surface area (Å²) < 4.78 is 0. The van der Waals surface area contributed by atoms with E-state index in [9.17, 15) is 30.3 Å². The van der Waals surface area contributed by atoms with Crippen molar-refractivity contribution in [2.24, 2.45) is 0 Å². The molecule has 0 bridgehead atoms. The molecule has 0 unspecified atom stereocenters. The van der Waals surface area contributed by atoms with E-state index in [1.165, 1.54) is 0 Å². The summed E-state index contributed by atoms with van der Waals surface area (Å²) >= 11 is 0. The average molecular weight is 659 g/mol. The molecular weight excluding hydrogens is 628 g/mol. The zero-order chi connectivity index (χ0) is 35.9. The van der Waals surface area contributed by atoms with Crippen LogP contribution in [0.2, 0.25) is 0 Å². The van der Waals surface area contributed by atoms with Crippen molar-refractivity contribution in [1.29, 1.82) is 10.5 Å². The van der Waals surface area contributed by atoms with E-state index < -0.39 is 23.3 Å².